The Hall–Kier alpha value is -0.230. The molecule has 0 aliphatic rings. The summed E-state index contributed by atoms with van der Waals surface area (Å²) in [7, 11) is 1.82. The molecule has 0 heterocycles. The van der Waals surface area contributed by atoms with Gasteiger partial charge in [-0.15, -0.1) is 0 Å². The lowest BCUT2D eigenvalue weighted by molar-refractivity contribution is 0.575. The van der Waals surface area contributed by atoms with Crippen molar-refractivity contribution in [2.75, 3.05) is 7.05 Å². The number of hydrogen-bond acceptors (Lipinski definition) is 1. The van der Waals surface area contributed by atoms with Crippen molar-refractivity contribution < 1.29 is 4.39 Å². The van der Waals surface area contributed by atoms with Crippen LogP contribution < -0.4 is 5.32 Å². The van der Waals surface area contributed by atoms with Crippen molar-refractivity contribution in [2.24, 2.45) is 0 Å². The molecule has 19 heavy (non-hydrogen) atoms. The Balaban J connectivity index is 2.55. The molecule has 0 aliphatic carbocycles. The van der Waals surface area contributed by atoms with Crippen LogP contribution in [0.3, 0.4) is 0 Å². The quantitative estimate of drug-likeness (QED) is 0.656. The Bertz CT molecular complexity index is 550. The van der Waals surface area contributed by atoms with Gasteiger partial charge in [-0.25, -0.2) is 4.39 Å². The van der Waals surface area contributed by atoms with Crippen molar-refractivity contribution in [3.8, 4) is 0 Å². The molecule has 1 atom stereocenters. The van der Waals surface area contributed by atoms with Crippen molar-refractivity contribution in [1.82, 2.24) is 5.32 Å². The average Bonchev–Trinajstić information content (AvgIpc) is 2.38. The van der Waals surface area contributed by atoms with Gasteiger partial charge in [0.2, 0.25) is 0 Å². The molecule has 0 saturated carbocycles. The van der Waals surface area contributed by atoms with Crippen molar-refractivity contribution >= 4 is 47.8 Å². The van der Waals surface area contributed by atoms with E-state index in [1.54, 1.807) is 12.1 Å². The van der Waals surface area contributed by atoms with Crippen molar-refractivity contribution in [3.05, 3.63) is 66.8 Å². The first kappa shape index (κ1) is 15.2. The fraction of sp³-hybridized carbons (Fsp3) is 0.143. The van der Waals surface area contributed by atoms with Crippen LogP contribution in [0.1, 0.15) is 17.2 Å². The number of rotatable bonds is 3. The van der Waals surface area contributed by atoms with E-state index in [0.29, 0.717) is 5.56 Å². The summed E-state index contributed by atoms with van der Waals surface area (Å²) in [5, 5.41) is 3.16. The van der Waals surface area contributed by atoms with E-state index in [9.17, 15) is 4.39 Å². The Morgan fingerprint density at radius 2 is 1.53 bits per heavy atom. The monoisotopic (exact) mass is 449 g/mol. The normalized spacial score (nSPS) is 12.5. The molecule has 100 valence electrons. The average molecular weight is 452 g/mol. The molecule has 0 fully saturated rings. The highest BCUT2D eigenvalue weighted by molar-refractivity contribution is 9.11. The van der Waals surface area contributed by atoms with Crippen molar-refractivity contribution in [2.45, 2.75) is 6.04 Å². The second-order valence-electron chi connectivity index (χ2n) is 4.05. The van der Waals surface area contributed by atoms with Gasteiger partial charge in [-0.1, -0.05) is 47.8 Å². The molecule has 2 aromatic carbocycles. The molecule has 0 amide bonds. The lowest BCUT2D eigenvalue weighted by Gasteiger charge is -2.20. The Morgan fingerprint density at radius 1 is 0.947 bits per heavy atom. The molecule has 2 rings (SSSR count). The summed E-state index contributed by atoms with van der Waals surface area (Å²) in [5.74, 6) is -0.227. The summed E-state index contributed by atoms with van der Waals surface area (Å²) >= 11 is 10.3. The van der Waals surface area contributed by atoms with Crippen LogP contribution in [-0.4, -0.2) is 7.05 Å². The summed E-state index contributed by atoms with van der Waals surface area (Å²) in [5.41, 5.74) is 1.59. The van der Waals surface area contributed by atoms with Gasteiger partial charge in [0.25, 0.3) is 0 Å². The lowest BCUT2D eigenvalue weighted by Crippen LogP contribution is -2.19. The smallest absolute Gasteiger partial charge is 0.128 e. The maximum atomic E-state index is 14.0. The topological polar surface area (TPSA) is 12.0 Å². The molecule has 0 saturated heterocycles. The van der Waals surface area contributed by atoms with Crippen LogP contribution in [0, 0.1) is 5.82 Å². The van der Waals surface area contributed by atoms with Crippen LogP contribution in [0.4, 0.5) is 4.39 Å². The number of benzene rings is 2. The van der Waals surface area contributed by atoms with E-state index >= 15 is 0 Å². The lowest BCUT2D eigenvalue weighted by atomic mass is 9.98. The molecule has 5 heteroatoms. The van der Waals surface area contributed by atoms with Gasteiger partial charge >= 0.3 is 0 Å². The standard InChI is InChI=1S/C14H11Br3FN/c1-19-14(10-6-8(15)2-4-12(10)17)11-7-9(16)3-5-13(11)18/h2-7,14,19H,1H3. The fourth-order valence-electron chi connectivity index (χ4n) is 1.95. The van der Waals surface area contributed by atoms with Crippen LogP contribution in [0.15, 0.2) is 49.8 Å². The molecule has 0 aliphatic heterocycles. The van der Waals surface area contributed by atoms with Gasteiger partial charge in [0.15, 0.2) is 0 Å². The largest absolute Gasteiger partial charge is 0.309 e. The SMILES string of the molecule is CNC(c1cc(Br)ccc1F)c1cc(Br)ccc1Br. The molecule has 0 bridgehead atoms. The zero-order valence-electron chi connectivity index (χ0n) is 10.1. The number of hydrogen-bond donors (Lipinski definition) is 1. The summed E-state index contributed by atoms with van der Waals surface area (Å²) in [6, 6.07) is 10.6. The third-order valence-electron chi connectivity index (χ3n) is 2.83. The fourth-order valence-corrected chi connectivity index (χ4v) is 3.18. The molecule has 1 unspecified atom stereocenters. The summed E-state index contributed by atoms with van der Waals surface area (Å²) in [6.07, 6.45) is 0. The first-order valence-electron chi connectivity index (χ1n) is 5.60. The highest BCUT2D eigenvalue weighted by Gasteiger charge is 2.19. The third kappa shape index (κ3) is 3.45. The minimum atomic E-state index is -0.227. The molecular weight excluding hydrogens is 441 g/mol. The van der Waals surface area contributed by atoms with E-state index in [0.717, 1.165) is 19.0 Å². The molecule has 1 nitrogen and oxygen atoms in total. The van der Waals surface area contributed by atoms with E-state index in [2.05, 4.69) is 53.1 Å². The second kappa shape index (κ2) is 6.48. The maximum Gasteiger partial charge on any atom is 0.128 e. The first-order chi connectivity index (χ1) is 9.02. The van der Waals surface area contributed by atoms with Gasteiger partial charge < -0.3 is 5.32 Å². The van der Waals surface area contributed by atoms with Gasteiger partial charge in [0.1, 0.15) is 5.82 Å². The number of halogens is 4. The van der Waals surface area contributed by atoms with E-state index < -0.39 is 0 Å². The van der Waals surface area contributed by atoms with Gasteiger partial charge in [0.05, 0.1) is 6.04 Å². The minimum absolute atomic E-state index is 0.218. The minimum Gasteiger partial charge on any atom is -0.309 e. The van der Waals surface area contributed by atoms with Crippen LogP contribution in [-0.2, 0) is 0 Å². The van der Waals surface area contributed by atoms with E-state index in [1.807, 2.05) is 25.2 Å². The van der Waals surface area contributed by atoms with E-state index in [-0.39, 0.29) is 11.9 Å². The van der Waals surface area contributed by atoms with Crippen LogP contribution in [0.2, 0.25) is 0 Å². The van der Waals surface area contributed by atoms with Gasteiger partial charge in [0, 0.05) is 19.0 Å². The van der Waals surface area contributed by atoms with Crippen LogP contribution in [0.5, 0.6) is 0 Å². The molecule has 0 spiro atoms. The zero-order chi connectivity index (χ0) is 14.0. The second-order valence-corrected chi connectivity index (χ2v) is 6.74. The van der Waals surface area contributed by atoms with Crippen LogP contribution >= 0.6 is 47.8 Å². The Kier molecular flexibility index (Phi) is 5.17. The third-order valence-corrected chi connectivity index (χ3v) is 4.54. The van der Waals surface area contributed by atoms with Gasteiger partial charge in [-0.3, -0.25) is 0 Å². The van der Waals surface area contributed by atoms with Gasteiger partial charge in [-0.05, 0) is 49.0 Å². The Morgan fingerprint density at radius 3 is 2.16 bits per heavy atom. The summed E-state index contributed by atoms with van der Waals surface area (Å²) < 4.78 is 16.8. The predicted molar refractivity (Wildman–Crippen MR) is 86.8 cm³/mol. The zero-order valence-corrected chi connectivity index (χ0v) is 14.8. The van der Waals surface area contributed by atoms with Gasteiger partial charge in [-0.2, -0.15) is 0 Å². The van der Waals surface area contributed by atoms with Crippen molar-refractivity contribution in [3.63, 3.8) is 0 Å². The Labute approximate surface area is 137 Å². The number of nitrogens with one attached hydrogen (secondary N) is 1. The maximum absolute atomic E-state index is 14.0. The highest BCUT2D eigenvalue weighted by atomic mass is 79.9. The highest BCUT2D eigenvalue weighted by Crippen LogP contribution is 2.33. The molecule has 0 aromatic heterocycles. The van der Waals surface area contributed by atoms with Crippen LogP contribution in [0.25, 0.3) is 0 Å². The molecule has 1 N–H and O–H groups in total. The first-order valence-corrected chi connectivity index (χ1v) is 7.98. The summed E-state index contributed by atoms with van der Waals surface area (Å²) in [4.78, 5) is 0. The van der Waals surface area contributed by atoms with E-state index in [1.165, 1.54) is 6.07 Å². The molecule has 0 radical (unpaired) electrons. The summed E-state index contributed by atoms with van der Waals surface area (Å²) in [6.45, 7) is 0. The molecular formula is C14H11Br3FN. The van der Waals surface area contributed by atoms with E-state index in [4.69, 9.17) is 0 Å². The predicted octanol–water partition coefficient (Wildman–Crippen LogP) is 5.42. The molecule has 2 aromatic rings. The van der Waals surface area contributed by atoms with Crippen molar-refractivity contribution in [1.29, 1.82) is 0 Å².